The Morgan fingerprint density at radius 1 is 1.25 bits per heavy atom. The van der Waals surface area contributed by atoms with E-state index >= 15 is 0 Å². The molecule has 0 aliphatic rings. The summed E-state index contributed by atoms with van der Waals surface area (Å²) in [6.07, 6.45) is 5.64. The maximum Gasteiger partial charge on any atom is 0.185 e. The van der Waals surface area contributed by atoms with Gasteiger partial charge >= 0.3 is 0 Å². The van der Waals surface area contributed by atoms with Gasteiger partial charge in [-0.2, -0.15) is 0 Å². The molecular weight excluding hydrogens is 268 g/mol. The standard InChI is InChI=1S/C15H22N4S/c1-4-19(5-2)15-18-11-14(20-15)10-17-12(3)13-6-8-16-9-7-13/h6-9,11-12,17H,4-5,10H2,1-3H3/t12-/m0/s1. The second-order valence-electron chi connectivity index (χ2n) is 4.66. The van der Waals surface area contributed by atoms with Crippen molar-refractivity contribution >= 4 is 16.5 Å². The zero-order valence-electron chi connectivity index (χ0n) is 12.3. The number of nitrogens with one attached hydrogen (secondary N) is 1. The molecule has 0 saturated carbocycles. The number of anilines is 1. The Hall–Kier alpha value is -1.46. The highest BCUT2D eigenvalue weighted by Gasteiger charge is 2.09. The van der Waals surface area contributed by atoms with Crippen LogP contribution in [-0.4, -0.2) is 23.1 Å². The molecule has 2 aromatic rings. The number of pyridine rings is 1. The van der Waals surface area contributed by atoms with Crippen LogP contribution in [-0.2, 0) is 6.54 Å². The van der Waals surface area contributed by atoms with E-state index in [-0.39, 0.29) is 0 Å². The van der Waals surface area contributed by atoms with Crippen LogP contribution in [0.1, 0.15) is 37.3 Å². The maximum atomic E-state index is 4.50. The monoisotopic (exact) mass is 290 g/mol. The summed E-state index contributed by atoms with van der Waals surface area (Å²) < 4.78 is 0. The normalized spacial score (nSPS) is 12.3. The van der Waals surface area contributed by atoms with Gasteiger partial charge in [0.15, 0.2) is 5.13 Å². The first-order valence-electron chi connectivity index (χ1n) is 7.07. The van der Waals surface area contributed by atoms with Crippen LogP contribution in [0.5, 0.6) is 0 Å². The second-order valence-corrected chi connectivity index (χ2v) is 5.76. The number of hydrogen-bond donors (Lipinski definition) is 1. The number of rotatable bonds is 7. The molecule has 0 saturated heterocycles. The van der Waals surface area contributed by atoms with Gasteiger partial charge in [-0.1, -0.05) is 0 Å². The fourth-order valence-electron chi connectivity index (χ4n) is 2.04. The van der Waals surface area contributed by atoms with Crippen molar-refractivity contribution in [3.05, 3.63) is 41.2 Å². The molecule has 0 aromatic carbocycles. The van der Waals surface area contributed by atoms with Crippen LogP contribution < -0.4 is 10.2 Å². The molecule has 4 nitrogen and oxygen atoms in total. The molecule has 0 amide bonds. The largest absolute Gasteiger partial charge is 0.349 e. The third kappa shape index (κ3) is 3.77. The summed E-state index contributed by atoms with van der Waals surface area (Å²) in [4.78, 5) is 12.1. The molecule has 0 aliphatic heterocycles. The van der Waals surface area contributed by atoms with Crippen LogP contribution in [0.4, 0.5) is 5.13 Å². The fraction of sp³-hybridized carbons (Fsp3) is 0.467. The van der Waals surface area contributed by atoms with E-state index in [0.717, 1.165) is 24.8 Å². The SMILES string of the molecule is CCN(CC)c1ncc(CN[C@@H](C)c2ccncc2)s1. The lowest BCUT2D eigenvalue weighted by molar-refractivity contribution is 0.578. The summed E-state index contributed by atoms with van der Waals surface area (Å²) >= 11 is 1.77. The van der Waals surface area contributed by atoms with E-state index in [1.165, 1.54) is 10.4 Å². The number of nitrogens with zero attached hydrogens (tertiary/aromatic N) is 3. The van der Waals surface area contributed by atoms with Gasteiger partial charge in [-0.05, 0) is 38.5 Å². The number of hydrogen-bond acceptors (Lipinski definition) is 5. The van der Waals surface area contributed by atoms with E-state index in [9.17, 15) is 0 Å². The molecule has 5 heteroatoms. The van der Waals surface area contributed by atoms with E-state index in [1.807, 2.05) is 30.7 Å². The zero-order chi connectivity index (χ0) is 14.4. The van der Waals surface area contributed by atoms with Gasteiger partial charge in [0, 0.05) is 49.1 Å². The Labute approximate surface area is 124 Å². The van der Waals surface area contributed by atoms with Gasteiger partial charge < -0.3 is 10.2 Å². The van der Waals surface area contributed by atoms with Gasteiger partial charge in [-0.25, -0.2) is 4.98 Å². The highest BCUT2D eigenvalue weighted by Crippen LogP contribution is 2.22. The summed E-state index contributed by atoms with van der Waals surface area (Å²) in [5, 5.41) is 4.64. The van der Waals surface area contributed by atoms with E-state index < -0.39 is 0 Å². The lowest BCUT2D eigenvalue weighted by Gasteiger charge is -2.16. The minimum absolute atomic E-state index is 0.317. The fourth-order valence-corrected chi connectivity index (χ4v) is 3.03. The van der Waals surface area contributed by atoms with E-state index in [2.05, 4.69) is 41.0 Å². The van der Waals surface area contributed by atoms with Gasteiger partial charge in [0.25, 0.3) is 0 Å². The summed E-state index contributed by atoms with van der Waals surface area (Å²) in [5.74, 6) is 0. The molecule has 2 heterocycles. The number of thiazole rings is 1. The molecule has 1 N–H and O–H groups in total. The van der Waals surface area contributed by atoms with Crippen molar-refractivity contribution in [1.82, 2.24) is 15.3 Å². The first-order valence-corrected chi connectivity index (χ1v) is 7.89. The average Bonchev–Trinajstić information content (AvgIpc) is 2.96. The Balaban J connectivity index is 1.91. The third-order valence-corrected chi connectivity index (χ3v) is 4.42. The first-order chi connectivity index (χ1) is 9.74. The van der Waals surface area contributed by atoms with Gasteiger partial charge in [0.05, 0.1) is 0 Å². The van der Waals surface area contributed by atoms with Crippen molar-refractivity contribution in [2.45, 2.75) is 33.4 Å². The average molecular weight is 290 g/mol. The molecule has 0 spiro atoms. The van der Waals surface area contributed by atoms with Crippen LogP contribution in [0.15, 0.2) is 30.7 Å². The van der Waals surface area contributed by atoms with Gasteiger partial charge in [0.2, 0.25) is 0 Å². The molecular formula is C15H22N4S. The smallest absolute Gasteiger partial charge is 0.185 e. The topological polar surface area (TPSA) is 41.1 Å². The molecule has 2 rings (SSSR count). The highest BCUT2D eigenvalue weighted by atomic mass is 32.1. The second kappa shape index (κ2) is 7.36. The van der Waals surface area contributed by atoms with Crippen molar-refractivity contribution in [3.63, 3.8) is 0 Å². The summed E-state index contributed by atoms with van der Waals surface area (Å²) in [6.45, 7) is 9.35. The zero-order valence-corrected chi connectivity index (χ0v) is 13.2. The summed E-state index contributed by atoms with van der Waals surface area (Å²) in [5.41, 5.74) is 1.26. The Morgan fingerprint density at radius 3 is 2.60 bits per heavy atom. The third-order valence-electron chi connectivity index (χ3n) is 3.36. The van der Waals surface area contributed by atoms with Gasteiger partial charge in [-0.3, -0.25) is 4.98 Å². The molecule has 0 unspecified atom stereocenters. The van der Waals surface area contributed by atoms with Crippen LogP contribution in [0, 0.1) is 0 Å². The van der Waals surface area contributed by atoms with E-state index in [0.29, 0.717) is 6.04 Å². The maximum absolute atomic E-state index is 4.50. The Morgan fingerprint density at radius 2 is 1.95 bits per heavy atom. The van der Waals surface area contributed by atoms with Crippen LogP contribution in [0.25, 0.3) is 0 Å². The van der Waals surface area contributed by atoms with Crippen LogP contribution in [0.2, 0.25) is 0 Å². The number of aromatic nitrogens is 2. The van der Waals surface area contributed by atoms with Gasteiger partial charge in [0.1, 0.15) is 0 Å². The first kappa shape index (κ1) is 14.9. The lowest BCUT2D eigenvalue weighted by Crippen LogP contribution is -2.21. The van der Waals surface area contributed by atoms with E-state index in [1.54, 1.807) is 11.3 Å². The molecule has 0 fully saturated rings. The molecule has 1 atom stereocenters. The van der Waals surface area contributed by atoms with Crippen LogP contribution >= 0.6 is 11.3 Å². The van der Waals surface area contributed by atoms with Crippen molar-refractivity contribution in [2.75, 3.05) is 18.0 Å². The van der Waals surface area contributed by atoms with Crippen LogP contribution in [0.3, 0.4) is 0 Å². The van der Waals surface area contributed by atoms with Crippen molar-refractivity contribution in [1.29, 1.82) is 0 Å². The lowest BCUT2D eigenvalue weighted by atomic mass is 10.1. The quantitative estimate of drug-likeness (QED) is 0.850. The summed E-state index contributed by atoms with van der Waals surface area (Å²) in [6, 6.07) is 4.41. The molecule has 0 bridgehead atoms. The molecule has 2 aromatic heterocycles. The van der Waals surface area contributed by atoms with Gasteiger partial charge in [-0.15, -0.1) is 11.3 Å². The van der Waals surface area contributed by atoms with Crippen molar-refractivity contribution in [2.24, 2.45) is 0 Å². The molecule has 20 heavy (non-hydrogen) atoms. The summed E-state index contributed by atoms with van der Waals surface area (Å²) in [7, 11) is 0. The minimum atomic E-state index is 0.317. The predicted molar refractivity (Wildman–Crippen MR) is 85.2 cm³/mol. The molecule has 0 aliphatic carbocycles. The van der Waals surface area contributed by atoms with Crippen molar-refractivity contribution in [3.8, 4) is 0 Å². The van der Waals surface area contributed by atoms with Crippen molar-refractivity contribution < 1.29 is 0 Å². The Kier molecular flexibility index (Phi) is 5.49. The minimum Gasteiger partial charge on any atom is -0.349 e. The molecule has 108 valence electrons. The Bertz CT molecular complexity index is 508. The highest BCUT2D eigenvalue weighted by molar-refractivity contribution is 7.15. The van der Waals surface area contributed by atoms with E-state index in [4.69, 9.17) is 0 Å². The predicted octanol–water partition coefficient (Wildman–Crippen LogP) is 3.24. The molecule has 0 radical (unpaired) electrons.